The smallest absolute Gasteiger partial charge is 0.227 e. The number of nitrogens with zero attached hydrogens (tertiary/aromatic N) is 3. The van der Waals surface area contributed by atoms with E-state index in [1.54, 1.807) is 13.2 Å². The number of rotatable bonds is 7. The molecule has 0 aliphatic carbocycles. The molecular weight excluding hydrogens is 387 g/mol. The van der Waals surface area contributed by atoms with Crippen molar-refractivity contribution >= 4 is 17.3 Å². The topological polar surface area (TPSA) is 80.5 Å². The van der Waals surface area contributed by atoms with Gasteiger partial charge in [-0.3, -0.25) is 4.79 Å². The van der Waals surface area contributed by atoms with Crippen molar-refractivity contribution in [2.45, 2.75) is 25.7 Å². The van der Waals surface area contributed by atoms with Crippen molar-refractivity contribution in [1.29, 1.82) is 0 Å². The van der Waals surface area contributed by atoms with Gasteiger partial charge >= 0.3 is 0 Å². The molecule has 4 rings (SSSR count). The number of amides is 1. The molecule has 156 valence electrons. The normalized spacial score (nSPS) is 13.5. The fourth-order valence-electron chi connectivity index (χ4n) is 3.49. The number of nitrogens with one attached hydrogen (secondary N) is 1. The van der Waals surface area contributed by atoms with Gasteiger partial charge in [-0.1, -0.05) is 11.2 Å². The van der Waals surface area contributed by atoms with Gasteiger partial charge < -0.3 is 19.5 Å². The van der Waals surface area contributed by atoms with Crippen LogP contribution < -0.4 is 15.0 Å². The van der Waals surface area contributed by atoms with E-state index in [4.69, 9.17) is 9.26 Å². The number of carbonyl (C=O) groups is 1. The largest absolute Gasteiger partial charge is 0.497 e. The zero-order valence-electron chi connectivity index (χ0n) is 16.7. The maximum absolute atomic E-state index is 14.4. The molecule has 0 unspecified atom stereocenters. The maximum Gasteiger partial charge on any atom is 0.227 e. The molecule has 0 radical (unpaired) electrons. The van der Waals surface area contributed by atoms with Crippen LogP contribution in [0, 0.1) is 5.82 Å². The summed E-state index contributed by atoms with van der Waals surface area (Å²) in [4.78, 5) is 18.9. The van der Waals surface area contributed by atoms with E-state index in [0.717, 1.165) is 42.9 Å². The van der Waals surface area contributed by atoms with Crippen LogP contribution in [0.1, 0.15) is 25.2 Å². The Bertz CT molecular complexity index is 1010. The third-order valence-corrected chi connectivity index (χ3v) is 5.09. The Kier molecular flexibility index (Phi) is 5.92. The third kappa shape index (κ3) is 4.42. The Labute approximate surface area is 173 Å². The van der Waals surface area contributed by atoms with E-state index in [-0.39, 0.29) is 24.4 Å². The molecule has 0 saturated carbocycles. The number of para-hydroxylation sites is 1. The average molecular weight is 410 g/mol. The van der Waals surface area contributed by atoms with Crippen LogP contribution in [-0.2, 0) is 11.2 Å². The van der Waals surface area contributed by atoms with E-state index in [1.807, 2.05) is 30.3 Å². The number of methoxy groups -OCH3 is 1. The standard InChI is InChI=1S/C22H23FN4O3/c1-29-16-9-7-15(8-10-16)22-25-20(30-26-22)12-11-19(28)24-21-17(23)5-4-6-18(21)27-13-2-3-14-27/h4-10H,2-3,11-14H2,1H3,(H,24,28). The van der Waals surface area contributed by atoms with Gasteiger partial charge in [-0.05, 0) is 49.2 Å². The van der Waals surface area contributed by atoms with Crippen LogP contribution in [0.25, 0.3) is 11.4 Å². The molecule has 1 aliphatic rings. The molecule has 1 saturated heterocycles. The highest BCUT2D eigenvalue weighted by Gasteiger charge is 2.20. The number of aryl methyl sites for hydroxylation is 1. The summed E-state index contributed by atoms with van der Waals surface area (Å²) in [6.45, 7) is 1.73. The van der Waals surface area contributed by atoms with E-state index in [9.17, 15) is 9.18 Å². The summed E-state index contributed by atoms with van der Waals surface area (Å²) in [5.41, 5.74) is 1.74. The van der Waals surface area contributed by atoms with Crippen LogP contribution in [0.15, 0.2) is 47.0 Å². The van der Waals surface area contributed by atoms with E-state index in [2.05, 4.69) is 20.4 Å². The molecule has 0 bridgehead atoms. The Morgan fingerprint density at radius 3 is 2.70 bits per heavy atom. The average Bonchev–Trinajstić information content (AvgIpc) is 3.46. The lowest BCUT2D eigenvalue weighted by atomic mass is 10.2. The highest BCUT2D eigenvalue weighted by atomic mass is 19.1. The molecule has 1 fully saturated rings. The van der Waals surface area contributed by atoms with Crippen molar-refractivity contribution in [1.82, 2.24) is 10.1 Å². The first-order valence-corrected chi connectivity index (χ1v) is 9.94. The fourth-order valence-corrected chi connectivity index (χ4v) is 3.49. The molecule has 1 aromatic heterocycles. The van der Waals surface area contributed by atoms with Gasteiger partial charge in [0.1, 0.15) is 17.3 Å². The predicted octanol–water partition coefficient (Wildman–Crippen LogP) is 4.06. The van der Waals surface area contributed by atoms with Crippen LogP contribution in [-0.4, -0.2) is 36.2 Å². The molecule has 1 amide bonds. The molecule has 1 aliphatic heterocycles. The molecule has 30 heavy (non-hydrogen) atoms. The molecule has 1 N–H and O–H groups in total. The van der Waals surface area contributed by atoms with Crippen LogP contribution >= 0.6 is 0 Å². The lowest BCUT2D eigenvalue weighted by Gasteiger charge is -2.21. The van der Waals surface area contributed by atoms with Crippen molar-refractivity contribution in [3.63, 3.8) is 0 Å². The third-order valence-electron chi connectivity index (χ3n) is 5.09. The zero-order valence-corrected chi connectivity index (χ0v) is 16.7. The Balaban J connectivity index is 1.38. The van der Waals surface area contributed by atoms with Crippen molar-refractivity contribution in [3.8, 4) is 17.1 Å². The fraction of sp³-hybridized carbons (Fsp3) is 0.318. The van der Waals surface area contributed by atoms with Gasteiger partial charge in [0, 0.05) is 31.5 Å². The second kappa shape index (κ2) is 8.94. The van der Waals surface area contributed by atoms with Crippen LogP contribution in [0.5, 0.6) is 5.75 Å². The summed E-state index contributed by atoms with van der Waals surface area (Å²) < 4.78 is 24.8. The number of anilines is 2. The van der Waals surface area contributed by atoms with Crippen LogP contribution in [0.4, 0.5) is 15.8 Å². The maximum atomic E-state index is 14.4. The highest BCUT2D eigenvalue weighted by molar-refractivity contribution is 5.94. The summed E-state index contributed by atoms with van der Waals surface area (Å²) in [5, 5.41) is 6.68. The SMILES string of the molecule is COc1ccc(-c2noc(CCC(=O)Nc3c(F)cccc3N3CCCC3)n2)cc1. The first kappa shape index (κ1) is 19.9. The van der Waals surface area contributed by atoms with Crippen molar-refractivity contribution in [3.05, 3.63) is 54.2 Å². The number of benzene rings is 2. The number of hydrogen-bond donors (Lipinski definition) is 1. The summed E-state index contributed by atoms with van der Waals surface area (Å²) in [6, 6.07) is 12.1. The van der Waals surface area contributed by atoms with Crippen LogP contribution in [0.2, 0.25) is 0 Å². The molecule has 2 aromatic carbocycles. The minimum Gasteiger partial charge on any atom is -0.497 e. The van der Waals surface area contributed by atoms with Crippen LogP contribution in [0.3, 0.4) is 0 Å². The second-order valence-corrected chi connectivity index (χ2v) is 7.12. The lowest BCUT2D eigenvalue weighted by molar-refractivity contribution is -0.116. The first-order valence-electron chi connectivity index (χ1n) is 9.94. The first-order chi connectivity index (χ1) is 14.6. The summed E-state index contributed by atoms with van der Waals surface area (Å²) in [6.07, 6.45) is 2.51. The van der Waals surface area contributed by atoms with Gasteiger partial charge in [0.05, 0.1) is 12.8 Å². The minimum atomic E-state index is -0.438. The van der Waals surface area contributed by atoms with E-state index in [1.165, 1.54) is 6.07 Å². The van der Waals surface area contributed by atoms with Gasteiger partial charge in [0.2, 0.25) is 17.6 Å². The van der Waals surface area contributed by atoms with Gasteiger partial charge in [-0.25, -0.2) is 4.39 Å². The van der Waals surface area contributed by atoms with E-state index in [0.29, 0.717) is 11.7 Å². The molecule has 3 aromatic rings. The van der Waals surface area contributed by atoms with Gasteiger partial charge in [0.25, 0.3) is 0 Å². The number of hydrogen-bond acceptors (Lipinski definition) is 6. The Morgan fingerprint density at radius 2 is 1.97 bits per heavy atom. The number of aromatic nitrogens is 2. The molecular formula is C22H23FN4O3. The quantitative estimate of drug-likeness (QED) is 0.633. The van der Waals surface area contributed by atoms with Gasteiger partial charge in [0.15, 0.2) is 0 Å². The Morgan fingerprint density at radius 1 is 1.20 bits per heavy atom. The number of carbonyl (C=O) groups excluding carboxylic acids is 1. The summed E-state index contributed by atoms with van der Waals surface area (Å²) in [5.74, 6) is 0.792. The monoisotopic (exact) mass is 410 g/mol. The van der Waals surface area contributed by atoms with Crippen molar-refractivity contribution in [2.24, 2.45) is 0 Å². The second-order valence-electron chi connectivity index (χ2n) is 7.12. The van der Waals surface area contributed by atoms with Crippen molar-refractivity contribution < 1.29 is 18.4 Å². The lowest BCUT2D eigenvalue weighted by Crippen LogP contribution is -2.22. The molecule has 0 spiro atoms. The summed E-state index contributed by atoms with van der Waals surface area (Å²) in [7, 11) is 1.60. The van der Waals surface area contributed by atoms with E-state index < -0.39 is 5.82 Å². The zero-order chi connectivity index (χ0) is 20.9. The minimum absolute atomic E-state index is 0.109. The predicted molar refractivity (Wildman–Crippen MR) is 111 cm³/mol. The molecule has 2 heterocycles. The number of halogens is 1. The number of ether oxygens (including phenoxy) is 1. The molecule has 0 atom stereocenters. The molecule has 8 heteroatoms. The summed E-state index contributed by atoms with van der Waals surface area (Å²) >= 11 is 0. The molecule has 7 nitrogen and oxygen atoms in total. The Hall–Kier alpha value is -3.42. The van der Waals surface area contributed by atoms with Gasteiger partial charge in [-0.2, -0.15) is 4.98 Å². The van der Waals surface area contributed by atoms with Gasteiger partial charge in [-0.15, -0.1) is 0 Å². The van der Waals surface area contributed by atoms with Crippen molar-refractivity contribution in [2.75, 3.05) is 30.4 Å². The van der Waals surface area contributed by atoms with E-state index >= 15 is 0 Å². The highest BCUT2D eigenvalue weighted by Crippen LogP contribution is 2.31.